The van der Waals surface area contributed by atoms with Crippen LogP contribution in [0, 0.1) is 0 Å². The molecule has 1 aromatic heterocycles. The molecule has 0 unspecified atom stereocenters. The molecule has 0 aliphatic carbocycles. The number of benzene rings is 7. The van der Waals surface area contributed by atoms with Gasteiger partial charge in [-0.3, -0.25) is 0 Å². The van der Waals surface area contributed by atoms with Gasteiger partial charge in [-0.25, -0.2) is 9.97 Å². The van der Waals surface area contributed by atoms with Crippen LogP contribution in [0.15, 0.2) is 194 Å². The Morgan fingerprint density at radius 2 is 0.840 bits per heavy atom. The summed E-state index contributed by atoms with van der Waals surface area (Å²) in [5.41, 5.74) is 11.1. The van der Waals surface area contributed by atoms with Gasteiger partial charge in [-0.1, -0.05) is 176 Å². The molecule has 0 atom stereocenters. The van der Waals surface area contributed by atoms with Crippen LogP contribution >= 0.6 is 0 Å². The van der Waals surface area contributed by atoms with Crippen LogP contribution in [0.3, 0.4) is 0 Å². The minimum atomic E-state index is -0.586. The summed E-state index contributed by atoms with van der Waals surface area (Å²) in [5, 5.41) is 0. The molecule has 9 rings (SSSR count). The number of rotatable bonds is 6. The minimum Gasteiger partial charge on any atom is -0.457 e. The Balaban J connectivity index is 1.23. The molecular formula is C47H32N2O. The maximum atomic E-state index is 6.50. The number of nitrogens with zero attached hydrogens (tertiary/aromatic N) is 2. The summed E-state index contributed by atoms with van der Waals surface area (Å²) in [6.45, 7) is 0. The van der Waals surface area contributed by atoms with Gasteiger partial charge >= 0.3 is 0 Å². The van der Waals surface area contributed by atoms with Gasteiger partial charge in [0.2, 0.25) is 0 Å². The Hall–Kier alpha value is -6.58. The first kappa shape index (κ1) is 29.6. The summed E-state index contributed by atoms with van der Waals surface area (Å²) >= 11 is 0. The molecule has 3 nitrogen and oxygen atoms in total. The first-order valence-corrected chi connectivity index (χ1v) is 16.9. The second-order valence-corrected chi connectivity index (χ2v) is 12.5. The van der Waals surface area contributed by atoms with Crippen LogP contribution in [0.2, 0.25) is 0 Å². The van der Waals surface area contributed by atoms with E-state index in [9.17, 15) is 0 Å². The number of para-hydroxylation sites is 2. The summed E-state index contributed by atoms with van der Waals surface area (Å²) in [5.74, 6) is 2.40. The first-order valence-electron chi connectivity index (χ1n) is 16.9. The fraction of sp³-hybridized carbons (Fsp3) is 0.0213. The molecule has 1 aliphatic rings. The van der Waals surface area contributed by atoms with Crippen LogP contribution in [0.25, 0.3) is 45.0 Å². The van der Waals surface area contributed by atoms with Crippen LogP contribution < -0.4 is 4.74 Å². The quantitative estimate of drug-likeness (QED) is 0.181. The number of hydrogen-bond donors (Lipinski definition) is 0. The Bertz CT molecular complexity index is 2390. The zero-order valence-electron chi connectivity index (χ0n) is 27.3. The van der Waals surface area contributed by atoms with Crippen molar-refractivity contribution in [3.8, 4) is 56.5 Å². The third kappa shape index (κ3) is 4.99. The first-order chi connectivity index (χ1) is 24.8. The highest BCUT2D eigenvalue weighted by molar-refractivity contribution is 5.84. The van der Waals surface area contributed by atoms with Crippen molar-refractivity contribution in [2.45, 2.75) is 5.41 Å². The molecule has 50 heavy (non-hydrogen) atoms. The van der Waals surface area contributed by atoms with E-state index >= 15 is 0 Å². The number of fused-ring (bicyclic) bond motifs is 2. The number of aromatic nitrogens is 2. The van der Waals surface area contributed by atoms with Crippen molar-refractivity contribution in [3.63, 3.8) is 0 Å². The molecule has 0 amide bonds. The number of ether oxygens (including phenoxy) is 1. The zero-order chi connectivity index (χ0) is 33.3. The Morgan fingerprint density at radius 1 is 0.360 bits per heavy atom. The molecule has 1 aliphatic heterocycles. The largest absolute Gasteiger partial charge is 0.457 e. The summed E-state index contributed by atoms with van der Waals surface area (Å²) in [7, 11) is 0. The Morgan fingerprint density at radius 3 is 1.48 bits per heavy atom. The lowest BCUT2D eigenvalue weighted by Gasteiger charge is -2.41. The maximum Gasteiger partial charge on any atom is 0.160 e. The highest BCUT2D eigenvalue weighted by Crippen LogP contribution is 2.55. The minimum absolute atomic E-state index is 0.586. The van der Waals surface area contributed by atoms with Crippen molar-refractivity contribution in [1.29, 1.82) is 0 Å². The maximum absolute atomic E-state index is 6.50. The Labute approximate surface area is 292 Å². The summed E-state index contributed by atoms with van der Waals surface area (Å²) in [6, 6.07) is 67.7. The van der Waals surface area contributed by atoms with E-state index in [4.69, 9.17) is 14.7 Å². The predicted octanol–water partition coefficient (Wildman–Crippen LogP) is 11.6. The lowest BCUT2D eigenvalue weighted by Crippen LogP contribution is -2.34. The van der Waals surface area contributed by atoms with Crippen molar-refractivity contribution >= 4 is 0 Å². The molecule has 0 N–H and O–H groups in total. The average molecular weight is 641 g/mol. The highest BCUT2D eigenvalue weighted by atomic mass is 16.5. The third-order valence-electron chi connectivity index (χ3n) is 9.67. The molecule has 0 saturated carbocycles. The third-order valence-corrected chi connectivity index (χ3v) is 9.67. The molecule has 8 aromatic rings. The standard InChI is InChI=1S/C47H32N2O/c1-4-16-33(17-5-1)38-22-10-11-23-39(38)43-32-42(34-18-6-2-7-19-34)48-46(49-43)35-28-30-37(31-29-35)47(36-20-8-3-9-21-36)40-24-12-14-26-44(40)50-45-27-15-13-25-41(45)47/h1-32H. The summed E-state index contributed by atoms with van der Waals surface area (Å²) < 4.78 is 6.50. The molecule has 0 spiro atoms. The van der Waals surface area contributed by atoms with Crippen LogP contribution in [0.1, 0.15) is 22.3 Å². The second kappa shape index (κ2) is 12.5. The van der Waals surface area contributed by atoms with Crippen LogP contribution in [-0.2, 0) is 5.41 Å². The molecule has 3 heteroatoms. The lowest BCUT2D eigenvalue weighted by atomic mass is 9.63. The molecule has 2 heterocycles. The second-order valence-electron chi connectivity index (χ2n) is 12.5. The van der Waals surface area contributed by atoms with Crippen molar-refractivity contribution in [2.24, 2.45) is 0 Å². The van der Waals surface area contributed by atoms with E-state index in [0.717, 1.165) is 67.4 Å². The van der Waals surface area contributed by atoms with Crippen molar-refractivity contribution in [2.75, 3.05) is 0 Å². The van der Waals surface area contributed by atoms with Gasteiger partial charge in [0.15, 0.2) is 5.82 Å². The van der Waals surface area contributed by atoms with Crippen molar-refractivity contribution in [1.82, 2.24) is 9.97 Å². The van der Waals surface area contributed by atoms with Gasteiger partial charge in [0.05, 0.1) is 16.8 Å². The van der Waals surface area contributed by atoms with Gasteiger partial charge < -0.3 is 4.74 Å². The zero-order valence-corrected chi connectivity index (χ0v) is 27.3. The monoisotopic (exact) mass is 640 g/mol. The topological polar surface area (TPSA) is 35.0 Å². The fourth-order valence-electron chi connectivity index (χ4n) is 7.39. The van der Waals surface area contributed by atoms with Gasteiger partial charge in [0.1, 0.15) is 11.5 Å². The predicted molar refractivity (Wildman–Crippen MR) is 202 cm³/mol. The number of hydrogen-bond acceptors (Lipinski definition) is 3. The van der Waals surface area contributed by atoms with Gasteiger partial charge in [-0.05, 0) is 40.5 Å². The van der Waals surface area contributed by atoms with Gasteiger partial charge in [0.25, 0.3) is 0 Å². The van der Waals surface area contributed by atoms with Crippen LogP contribution in [0.5, 0.6) is 11.5 Å². The van der Waals surface area contributed by atoms with E-state index < -0.39 is 5.41 Å². The van der Waals surface area contributed by atoms with Gasteiger partial charge in [-0.15, -0.1) is 0 Å². The van der Waals surface area contributed by atoms with E-state index in [-0.39, 0.29) is 0 Å². The van der Waals surface area contributed by atoms with E-state index in [1.165, 1.54) is 5.56 Å². The van der Waals surface area contributed by atoms with E-state index in [1.54, 1.807) is 0 Å². The van der Waals surface area contributed by atoms with Crippen molar-refractivity contribution in [3.05, 3.63) is 216 Å². The van der Waals surface area contributed by atoms with Gasteiger partial charge in [-0.2, -0.15) is 0 Å². The fourth-order valence-corrected chi connectivity index (χ4v) is 7.39. The normalized spacial score (nSPS) is 12.7. The lowest BCUT2D eigenvalue weighted by molar-refractivity contribution is 0.434. The summed E-state index contributed by atoms with van der Waals surface area (Å²) in [4.78, 5) is 10.4. The average Bonchev–Trinajstić information content (AvgIpc) is 3.21. The molecule has 7 aromatic carbocycles. The molecule has 236 valence electrons. The Kier molecular flexibility index (Phi) is 7.37. The molecule has 0 fully saturated rings. The van der Waals surface area contributed by atoms with E-state index in [1.807, 2.05) is 24.3 Å². The van der Waals surface area contributed by atoms with E-state index in [0.29, 0.717) is 5.82 Å². The molecule has 0 saturated heterocycles. The molecule has 0 radical (unpaired) electrons. The van der Waals surface area contributed by atoms with E-state index in [2.05, 4.69) is 170 Å². The highest BCUT2D eigenvalue weighted by Gasteiger charge is 2.45. The SMILES string of the molecule is c1ccc(-c2cc(-c3ccccc3-c3ccccc3)nc(-c3ccc(C4(c5ccccc5)c5ccccc5Oc5ccccc54)cc3)n2)cc1. The summed E-state index contributed by atoms with van der Waals surface area (Å²) in [6.07, 6.45) is 0. The van der Waals surface area contributed by atoms with Crippen molar-refractivity contribution < 1.29 is 4.74 Å². The molecular weight excluding hydrogens is 609 g/mol. The van der Waals surface area contributed by atoms with Crippen LogP contribution in [-0.4, -0.2) is 9.97 Å². The smallest absolute Gasteiger partial charge is 0.160 e. The molecule has 0 bridgehead atoms. The van der Waals surface area contributed by atoms with Crippen LogP contribution in [0.4, 0.5) is 0 Å². The van der Waals surface area contributed by atoms with Gasteiger partial charge in [0, 0.05) is 27.8 Å².